The third kappa shape index (κ3) is 4.58. The van der Waals surface area contributed by atoms with E-state index in [0.717, 1.165) is 11.0 Å². The molecule has 0 spiro atoms. The van der Waals surface area contributed by atoms with Crippen molar-refractivity contribution in [3.05, 3.63) is 83.2 Å². The zero-order valence-corrected chi connectivity index (χ0v) is 20.0. The lowest BCUT2D eigenvalue weighted by Crippen LogP contribution is -2.27. The van der Waals surface area contributed by atoms with Crippen LogP contribution in [0.5, 0.6) is 5.75 Å². The lowest BCUT2D eigenvalue weighted by atomic mass is 10.0. The van der Waals surface area contributed by atoms with Gasteiger partial charge in [0.15, 0.2) is 22.9 Å². The van der Waals surface area contributed by atoms with Gasteiger partial charge in [0.1, 0.15) is 17.8 Å². The number of amides is 1. The highest BCUT2D eigenvalue weighted by molar-refractivity contribution is 7.98. The van der Waals surface area contributed by atoms with Crippen LogP contribution in [-0.4, -0.2) is 44.6 Å². The highest BCUT2D eigenvalue weighted by Crippen LogP contribution is 2.40. The average Bonchev–Trinajstić information content (AvgIpc) is 3.47. The SMILES string of the molecule is CSc1ccc(F)cc1C1CC(F)CN1c1ccc2ncc(C(=O)NCc3ccc(F)c(O)c3)n2n1. The molecule has 2 aromatic carbocycles. The summed E-state index contributed by atoms with van der Waals surface area (Å²) in [6.07, 6.45) is 2.33. The van der Waals surface area contributed by atoms with Crippen molar-refractivity contribution in [2.24, 2.45) is 0 Å². The predicted octanol–water partition coefficient (Wildman–Crippen LogP) is 4.65. The monoisotopic (exact) mass is 513 g/mol. The molecule has 2 atom stereocenters. The van der Waals surface area contributed by atoms with Gasteiger partial charge in [-0.1, -0.05) is 6.07 Å². The molecular weight excluding hydrogens is 491 g/mol. The van der Waals surface area contributed by atoms with Crippen LogP contribution in [0.25, 0.3) is 5.65 Å². The van der Waals surface area contributed by atoms with Crippen LogP contribution >= 0.6 is 11.8 Å². The van der Waals surface area contributed by atoms with Crippen molar-refractivity contribution in [1.82, 2.24) is 19.9 Å². The number of carbonyl (C=O) groups is 1. The number of aromatic nitrogens is 3. The second-order valence-corrected chi connectivity index (χ2v) is 9.31. The number of carbonyl (C=O) groups excluding carboxylic acids is 1. The van der Waals surface area contributed by atoms with E-state index in [1.165, 1.54) is 46.7 Å². The zero-order valence-electron chi connectivity index (χ0n) is 19.2. The highest BCUT2D eigenvalue weighted by atomic mass is 32.2. The normalized spacial score (nSPS) is 17.6. The average molecular weight is 514 g/mol. The second-order valence-electron chi connectivity index (χ2n) is 8.46. The molecule has 186 valence electrons. The van der Waals surface area contributed by atoms with Gasteiger partial charge in [-0.05, 0) is 59.8 Å². The third-order valence-corrected chi connectivity index (χ3v) is 6.95. The number of phenolic OH excluding ortho intramolecular Hbond substituents is 1. The Morgan fingerprint density at radius 2 is 2.03 bits per heavy atom. The molecule has 1 amide bonds. The highest BCUT2D eigenvalue weighted by Gasteiger charge is 2.36. The van der Waals surface area contributed by atoms with E-state index in [4.69, 9.17) is 0 Å². The van der Waals surface area contributed by atoms with Gasteiger partial charge in [-0.3, -0.25) is 4.79 Å². The summed E-state index contributed by atoms with van der Waals surface area (Å²) in [6.45, 7) is 0.131. The summed E-state index contributed by atoms with van der Waals surface area (Å²) in [6, 6.07) is 11.3. The van der Waals surface area contributed by atoms with Gasteiger partial charge in [-0.15, -0.1) is 16.9 Å². The van der Waals surface area contributed by atoms with Gasteiger partial charge in [0, 0.05) is 17.9 Å². The van der Waals surface area contributed by atoms with E-state index >= 15 is 0 Å². The van der Waals surface area contributed by atoms with E-state index in [1.54, 1.807) is 23.1 Å². The van der Waals surface area contributed by atoms with Gasteiger partial charge >= 0.3 is 0 Å². The first kappa shape index (κ1) is 24.0. The number of rotatable bonds is 6. The number of hydrogen-bond donors (Lipinski definition) is 2. The first-order valence-corrected chi connectivity index (χ1v) is 12.4. The molecule has 0 radical (unpaired) electrons. The van der Waals surface area contributed by atoms with Crippen molar-refractivity contribution in [2.75, 3.05) is 17.7 Å². The van der Waals surface area contributed by atoms with Gasteiger partial charge in [0.25, 0.3) is 5.91 Å². The number of imidazole rings is 1. The Bertz CT molecular complexity index is 1450. The van der Waals surface area contributed by atoms with Gasteiger partial charge in [0.2, 0.25) is 0 Å². The molecule has 0 aliphatic carbocycles. The molecule has 2 unspecified atom stereocenters. The van der Waals surface area contributed by atoms with Crippen molar-refractivity contribution in [3.63, 3.8) is 0 Å². The number of aromatic hydroxyl groups is 1. The predicted molar refractivity (Wildman–Crippen MR) is 130 cm³/mol. The van der Waals surface area contributed by atoms with Crippen molar-refractivity contribution in [2.45, 2.75) is 30.1 Å². The van der Waals surface area contributed by atoms with Crippen LogP contribution in [0, 0.1) is 11.6 Å². The molecule has 1 saturated heterocycles. The van der Waals surface area contributed by atoms with E-state index in [-0.39, 0.29) is 25.2 Å². The second kappa shape index (κ2) is 9.73. The third-order valence-electron chi connectivity index (χ3n) is 6.14. The van der Waals surface area contributed by atoms with Gasteiger partial charge < -0.3 is 15.3 Å². The Morgan fingerprint density at radius 1 is 1.19 bits per heavy atom. The lowest BCUT2D eigenvalue weighted by molar-refractivity contribution is 0.0944. The number of thioether (sulfide) groups is 1. The largest absolute Gasteiger partial charge is 0.505 e. The number of anilines is 1. The Kier molecular flexibility index (Phi) is 6.48. The molecule has 4 aromatic rings. The number of halogens is 3. The van der Waals surface area contributed by atoms with E-state index in [1.807, 2.05) is 6.26 Å². The molecule has 0 saturated carbocycles. The number of alkyl halides is 1. The summed E-state index contributed by atoms with van der Waals surface area (Å²) in [5, 5.41) is 16.8. The number of fused-ring (bicyclic) bond motifs is 1. The minimum absolute atomic E-state index is 0.0500. The standard InChI is InChI=1S/C25H22F3N5O2S/c1-36-22-5-3-15(26)9-17(22)19-10-16(27)13-32(19)24-7-6-23-29-12-20(33(23)31-24)25(35)30-11-14-2-4-18(28)21(34)8-14/h2-9,12,16,19,34H,10-11,13H2,1H3,(H,30,35). The zero-order chi connectivity index (χ0) is 25.4. The Balaban J connectivity index is 1.43. The van der Waals surface area contributed by atoms with Crippen LogP contribution in [0.2, 0.25) is 0 Å². The summed E-state index contributed by atoms with van der Waals surface area (Å²) < 4.78 is 43.3. The molecule has 2 N–H and O–H groups in total. The van der Waals surface area contributed by atoms with Crippen molar-refractivity contribution >= 4 is 29.1 Å². The van der Waals surface area contributed by atoms with Gasteiger partial charge in [0.05, 0.1) is 18.8 Å². The van der Waals surface area contributed by atoms with E-state index < -0.39 is 35.5 Å². The molecule has 36 heavy (non-hydrogen) atoms. The lowest BCUT2D eigenvalue weighted by Gasteiger charge is -2.27. The minimum Gasteiger partial charge on any atom is -0.505 e. The van der Waals surface area contributed by atoms with Crippen LogP contribution in [0.4, 0.5) is 19.0 Å². The molecule has 0 bridgehead atoms. The van der Waals surface area contributed by atoms with Crippen molar-refractivity contribution < 1.29 is 23.1 Å². The maximum Gasteiger partial charge on any atom is 0.271 e. The van der Waals surface area contributed by atoms with Crippen LogP contribution in [-0.2, 0) is 6.54 Å². The maximum absolute atomic E-state index is 14.6. The Labute approximate surface area is 209 Å². The number of phenols is 1. The summed E-state index contributed by atoms with van der Waals surface area (Å²) in [4.78, 5) is 19.7. The molecule has 7 nitrogen and oxygen atoms in total. The molecule has 1 aliphatic heterocycles. The van der Waals surface area contributed by atoms with Crippen molar-refractivity contribution in [1.29, 1.82) is 0 Å². The van der Waals surface area contributed by atoms with Crippen molar-refractivity contribution in [3.8, 4) is 5.75 Å². The number of benzene rings is 2. The van der Waals surface area contributed by atoms with Gasteiger partial charge in [-0.2, -0.15) is 0 Å². The van der Waals surface area contributed by atoms with Gasteiger partial charge in [-0.25, -0.2) is 22.7 Å². The Hall–Kier alpha value is -3.73. The first-order valence-electron chi connectivity index (χ1n) is 11.2. The fraction of sp³-hybridized carbons (Fsp3) is 0.240. The molecule has 2 aromatic heterocycles. The molecule has 3 heterocycles. The summed E-state index contributed by atoms with van der Waals surface area (Å²) in [7, 11) is 0. The summed E-state index contributed by atoms with van der Waals surface area (Å²) in [5.41, 5.74) is 1.78. The molecule has 5 rings (SSSR count). The summed E-state index contributed by atoms with van der Waals surface area (Å²) >= 11 is 1.46. The van der Waals surface area contributed by atoms with E-state index in [9.17, 15) is 23.1 Å². The molecule has 11 heteroatoms. The maximum atomic E-state index is 14.6. The fourth-order valence-corrected chi connectivity index (χ4v) is 5.05. The molecular formula is C25H22F3N5O2S. The minimum atomic E-state index is -1.12. The number of nitrogens with zero attached hydrogens (tertiary/aromatic N) is 4. The van der Waals surface area contributed by atoms with E-state index in [2.05, 4.69) is 15.4 Å². The van der Waals surface area contributed by atoms with Crippen LogP contribution in [0.3, 0.4) is 0 Å². The molecule has 1 aliphatic rings. The number of hydrogen-bond acceptors (Lipinski definition) is 6. The fourth-order valence-electron chi connectivity index (χ4n) is 4.41. The quantitative estimate of drug-likeness (QED) is 0.365. The van der Waals surface area contributed by atoms with Crippen LogP contribution in [0.1, 0.15) is 34.1 Å². The number of nitrogens with one attached hydrogen (secondary N) is 1. The first-order chi connectivity index (χ1) is 17.3. The van der Waals surface area contributed by atoms with Crippen LogP contribution in [0.15, 0.2) is 59.6 Å². The Morgan fingerprint density at radius 3 is 2.81 bits per heavy atom. The topological polar surface area (TPSA) is 82.8 Å². The smallest absolute Gasteiger partial charge is 0.271 e. The van der Waals surface area contributed by atoms with E-state index in [0.29, 0.717) is 22.6 Å². The molecule has 1 fully saturated rings. The van der Waals surface area contributed by atoms with Crippen LogP contribution < -0.4 is 10.2 Å². The summed E-state index contributed by atoms with van der Waals surface area (Å²) in [5.74, 6) is -1.69.